The maximum Gasteiger partial charge on any atom is 0.330 e. The van der Waals surface area contributed by atoms with Gasteiger partial charge in [-0.25, -0.2) is 4.79 Å². The normalized spacial score (nSPS) is 35.7. The molecule has 0 aromatic carbocycles. The quantitative estimate of drug-likeness (QED) is 0.719. The smallest absolute Gasteiger partial charge is 0.330 e. The van der Waals surface area contributed by atoms with Crippen molar-refractivity contribution < 1.29 is 19.3 Å². The number of aryl methyl sites for hydroxylation is 1. The first-order valence-corrected chi connectivity index (χ1v) is 6.77. The molecule has 0 amide bonds. The SMILES string of the molecule is CO[C@H]1C(O)[C@@]2(CCOC2)O[C@H]1n1cc(C)c(=O)[nH]c1=O. The lowest BCUT2D eigenvalue weighted by molar-refractivity contribution is -0.106. The molecule has 1 unspecified atom stereocenters. The van der Waals surface area contributed by atoms with E-state index in [0.29, 0.717) is 18.6 Å². The molecule has 0 bridgehead atoms. The number of methoxy groups -OCH3 is 1. The van der Waals surface area contributed by atoms with Gasteiger partial charge in [0.25, 0.3) is 5.56 Å². The molecule has 0 radical (unpaired) electrons. The minimum absolute atomic E-state index is 0.252. The van der Waals surface area contributed by atoms with Crippen molar-refractivity contribution in [3.05, 3.63) is 32.6 Å². The summed E-state index contributed by atoms with van der Waals surface area (Å²) in [6.45, 7) is 2.33. The largest absolute Gasteiger partial charge is 0.387 e. The van der Waals surface area contributed by atoms with Crippen LogP contribution in [0.5, 0.6) is 0 Å². The summed E-state index contributed by atoms with van der Waals surface area (Å²) in [7, 11) is 1.45. The van der Waals surface area contributed by atoms with E-state index in [4.69, 9.17) is 14.2 Å². The Morgan fingerprint density at radius 3 is 2.90 bits per heavy atom. The van der Waals surface area contributed by atoms with E-state index in [-0.39, 0.29) is 6.61 Å². The molecule has 4 atom stereocenters. The molecule has 0 aliphatic carbocycles. The van der Waals surface area contributed by atoms with Crippen molar-refractivity contribution >= 4 is 0 Å². The van der Waals surface area contributed by atoms with E-state index >= 15 is 0 Å². The fourth-order valence-corrected chi connectivity index (χ4v) is 2.96. The van der Waals surface area contributed by atoms with Gasteiger partial charge in [0, 0.05) is 31.9 Å². The van der Waals surface area contributed by atoms with Crippen molar-refractivity contribution in [3.8, 4) is 0 Å². The van der Waals surface area contributed by atoms with Gasteiger partial charge in [-0.2, -0.15) is 0 Å². The van der Waals surface area contributed by atoms with Crippen LogP contribution in [0.1, 0.15) is 18.2 Å². The molecule has 2 saturated heterocycles. The van der Waals surface area contributed by atoms with Gasteiger partial charge in [0.1, 0.15) is 17.8 Å². The van der Waals surface area contributed by atoms with Gasteiger partial charge in [-0.15, -0.1) is 0 Å². The second-order valence-corrected chi connectivity index (χ2v) is 5.50. The van der Waals surface area contributed by atoms with E-state index in [1.54, 1.807) is 6.92 Å². The highest BCUT2D eigenvalue weighted by molar-refractivity contribution is 5.07. The van der Waals surface area contributed by atoms with E-state index in [1.807, 2.05) is 0 Å². The Morgan fingerprint density at radius 1 is 1.52 bits per heavy atom. The van der Waals surface area contributed by atoms with Gasteiger partial charge in [0.15, 0.2) is 6.23 Å². The molecule has 116 valence electrons. The van der Waals surface area contributed by atoms with Crippen LogP contribution < -0.4 is 11.2 Å². The Labute approximate surface area is 120 Å². The van der Waals surface area contributed by atoms with Crippen LogP contribution in [0.2, 0.25) is 0 Å². The third kappa shape index (κ3) is 2.15. The Morgan fingerprint density at radius 2 is 2.29 bits per heavy atom. The summed E-state index contributed by atoms with van der Waals surface area (Å²) < 4.78 is 17.8. The van der Waals surface area contributed by atoms with Crippen molar-refractivity contribution in [2.24, 2.45) is 0 Å². The van der Waals surface area contributed by atoms with Crippen LogP contribution in [-0.2, 0) is 14.2 Å². The molecule has 2 aliphatic rings. The van der Waals surface area contributed by atoms with Gasteiger partial charge in [0.05, 0.1) is 6.61 Å². The number of aromatic nitrogens is 2. The predicted molar refractivity (Wildman–Crippen MR) is 71.2 cm³/mol. The fraction of sp³-hybridized carbons (Fsp3) is 0.692. The van der Waals surface area contributed by atoms with E-state index in [1.165, 1.54) is 17.9 Å². The summed E-state index contributed by atoms with van der Waals surface area (Å²) in [5, 5.41) is 10.5. The molecule has 1 aromatic heterocycles. The van der Waals surface area contributed by atoms with Crippen LogP contribution in [0.4, 0.5) is 0 Å². The van der Waals surface area contributed by atoms with Crippen molar-refractivity contribution in [1.29, 1.82) is 0 Å². The van der Waals surface area contributed by atoms with Crippen molar-refractivity contribution in [3.63, 3.8) is 0 Å². The molecule has 8 nitrogen and oxygen atoms in total. The van der Waals surface area contributed by atoms with Crippen LogP contribution in [0.3, 0.4) is 0 Å². The Kier molecular flexibility index (Phi) is 3.48. The third-order valence-corrected chi connectivity index (χ3v) is 4.19. The molecule has 8 heteroatoms. The summed E-state index contributed by atoms with van der Waals surface area (Å²) in [6, 6.07) is 0. The first kappa shape index (κ1) is 14.5. The summed E-state index contributed by atoms with van der Waals surface area (Å²) in [5.74, 6) is 0. The standard InChI is InChI=1S/C13H18N2O6/c1-7-5-15(12(18)14-10(7)17)11-8(19-2)9(16)13(21-11)3-4-20-6-13/h5,8-9,11,16H,3-4,6H2,1-2H3,(H,14,17,18)/t8-,9?,11+,13-/m0/s1. The minimum Gasteiger partial charge on any atom is -0.387 e. The molecule has 21 heavy (non-hydrogen) atoms. The zero-order valence-corrected chi connectivity index (χ0v) is 11.9. The molecule has 2 fully saturated rings. The zero-order chi connectivity index (χ0) is 15.2. The van der Waals surface area contributed by atoms with E-state index in [2.05, 4.69) is 4.98 Å². The number of hydrogen-bond donors (Lipinski definition) is 2. The van der Waals surface area contributed by atoms with Crippen molar-refractivity contribution in [1.82, 2.24) is 9.55 Å². The number of ether oxygens (including phenoxy) is 3. The Bertz CT molecular complexity index is 645. The average Bonchev–Trinajstić information content (AvgIpc) is 3.02. The number of nitrogens with one attached hydrogen (secondary N) is 1. The minimum atomic E-state index is -0.908. The van der Waals surface area contributed by atoms with E-state index in [9.17, 15) is 14.7 Å². The number of H-pyrrole nitrogens is 1. The molecule has 2 N–H and O–H groups in total. The number of hydrogen-bond acceptors (Lipinski definition) is 6. The first-order chi connectivity index (χ1) is 9.98. The second kappa shape index (κ2) is 5.06. The Hall–Kier alpha value is -1.48. The fourth-order valence-electron chi connectivity index (χ4n) is 2.96. The monoisotopic (exact) mass is 298 g/mol. The number of aliphatic hydroxyl groups excluding tert-OH is 1. The highest BCUT2D eigenvalue weighted by atomic mass is 16.6. The summed E-state index contributed by atoms with van der Waals surface area (Å²) in [5.41, 5.74) is -1.52. The maximum atomic E-state index is 12.0. The molecule has 0 saturated carbocycles. The second-order valence-electron chi connectivity index (χ2n) is 5.50. The summed E-state index contributed by atoms with van der Waals surface area (Å²) in [6.07, 6.45) is -0.486. The lowest BCUT2D eigenvalue weighted by atomic mass is 9.94. The topological polar surface area (TPSA) is 103 Å². The lowest BCUT2D eigenvalue weighted by Gasteiger charge is -2.24. The van der Waals surface area contributed by atoms with Crippen molar-refractivity contribution in [2.45, 2.75) is 37.4 Å². The zero-order valence-electron chi connectivity index (χ0n) is 11.9. The first-order valence-electron chi connectivity index (χ1n) is 6.77. The van der Waals surface area contributed by atoms with E-state index < -0.39 is 35.3 Å². The Balaban J connectivity index is 2.04. The predicted octanol–water partition coefficient (Wildman–Crippen LogP) is -1.09. The number of aliphatic hydroxyl groups is 1. The molecule has 1 aromatic rings. The van der Waals surface area contributed by atoms with Gasteiger partial charge in [0.2, 0.25) is 0 Å². The molecular formula is C13H18N2O6. The number of aromatic amines is 1. The summed E-state index contributed by atoms with van der Waals surface area (Å²) >= 11 is 0. The van der Waals surface area contributed by atoms with Crippen LogP contribution in [0.15, 0.2) is 15.8 Å². The van der Waals surface area contributed by atoms with Crippen LogP contribution in [-0.4, -0.2) is 52.8 Å². The van der Waals surface area contributed by atoms with Crippen LogP contribution >= 0.6 is 0 Å². The molecular weight excluding hydrogens is 280 g/mol. The van der Waals surface area contributed by atoms with Gasteiger partial charge in [-0.05, 0) is 6.92 Å². The highest BCUT2D eigenvalue weighted by Crippen LogP contribution is 2.42. The molecule has 1 spiro atoms. The number of nitrogens with zero attached hydrogens (tertiary/aromatic N) is 1. The van der Waals surface area contributed by atoms with Crippen molar-refractivity contribution in [2.75, 3.05) is 20.3 Å². The maximum absolute atomic E-state index is 12.0. The van der Waals surface area contributed by atoms with Gasteiger partial charge < -0.3 is 19.3 Å². The highest BCUT2D eigenvalue weighted by Gasteiger charge is 2.57. The van der Waals surface area contributed by atoms with Gasteiger partial charge >= 0.3 is 5.69 Å². The molecule has 2 aliphatic heterocycles. The lowest BCUT2D eigenvalue weighted by Crippen LogP contribution is -2.44. The van der Waals surface area contributed by atoms with Crippen LogP contribution in [0.25, 0.3) is 0 Å². The average molecular weight is 298 g/mol. The molecule has 3 rings (SSSR count). The third-order valence-electron chi connectivity index (χ3n) is 4.19. The van der Waals surface area contributed by atoms with Gasteiger partial charge in [-0.3, -0.25) is 14.3 Å². The molecule has 3 heterocycles. The summed E-state index contributed by atoms with van der Waals surface area (Å²) in [4.78, 5) is 25.7. The number of rotatable bonds is 2. The van der Waals surface area contributed by atoms with E-state index in [0.717, 1.165) is 0 Å². The van der Waals surface area contributed by atoms with Gasteiger partial charge in [-0.1, -0.05) is 0 Å². The van der Waals surface area contributed by atoms with Crippen LogP contribution in [0, 0.1) is 6.92 Å².